The molecule has 0 radical (unpaired) electrons. The fourth-order valence-electron chi connectivity index (χ4n) is 0.962. The number of hydrogen-bond acceptors (Lipinski definition) is 4. The van der Waals surface area contributed by atoms with E-state index >= 15 is 0 Å². The Morgan fingerprint density at radius 3 is 2.87 bits per heavy atom. The molecule has 0 heterocycles. The largest absolute Gasteiger partial charge is 0.489 e. The summed E-state index contributed by atoms with van der Waals surface area (Å²) < 4.78 is 5.48. The molecule has 82 valence electrons. The highest BCUT2D eigenvalue weighted by atomic mass is 79.9. The van der Waals surface area contributed by atoms with Crippen LogP contribution in [-0.2, 0) is 0 Å². The van der Waals surface area contributed by atoms with Gasteiger partial charge in [0.1, 0.15) is 16.8 Å². The van der Waals surface area contributed by atoms with Gasteiger partial charge in [0.25, 0.3) is 5.69 Å². The number of nitro benzene ring substituents is 1. The second kappa shape index (κ2) is 5.09. The summed E-state index contributed by atoms with van der Waals surface area (Å²) in [6, 6.07) is 4.50. The maximum absolute atomic E-state index is 10.6. The average molecular weight is 276 g/mol. The summed E-state index contributed by atoms with van der Waals surface area (Å²) in [5, 5.41) is 19.6. The summed E-state index contributed by atoms with van der Waals surface area (Å²) in [4.78, 5) is 10.1. The zero-order valence-corrected chi connectivity index (χ0v) is 9.60. The highest BCUT2D eigenvalue weighted by Gasteiger charge is 2.15. The number of nitrogens with zero attached hydrogens (tertiary/aromatic N) is 1. The molecule has 1 atom stereocenters. The van der Waals surface area contributed by atoms with Gasteiger partial charge in [-0.3, -0.25) is 10.1 Å². The van der Waals surface area contributed by atoms with Crippen LogP contribution in [0.2, 0.25) is 0 Å². The summed E-state index contributed by atoms with van der Waals surface area (Å²) in [6.07, 6.45) is -0.615. The molecule has 0 fully saturated rings. The van der Waals surface area contributed by atoms with Crippen molar-refractivity contribution in [3.05, 3.63) is 32.8 Å². The van der Waals surface area contributed by atoms with Crippen LogP contribution in [0.25, 0.3) is 0 Å². The molecule has 0 aliphatic carbocycles. The van der Waals surface area contributed by atoms with Crippen molar-refractivity contribution in [1.29, 1.82) is 0 Å². The predicted molar refractivity (Wildman–Crippen MR) is 58.0 cm³/mol. The van der Waals surface area contributed by atoms with Crippen molar-refractivity contribution in [3.63, 3.8) is 0 Å². The number of halogens is 1. The van der Waals surface area contributed by atoms with E-state index < -0.39 is 11.0 Å². The highest BCUT2D eigenvalue weighted by Crippen LogP contribution is 2.33. The van der Waals surface area contributed by atoms with Crippen molar-refractivity contribution in [2.75, 3.05) is 6.61 Å². The molecule has 0 aromatic heterocycles. The van der Waals surface area contributed by atoms with Crippen LogP contribution < -0.4 is 4.74 Å². The van der Waals surface area contributed by atoms with Crippen molar-refractivity contribution >= 4 is 21.6 Å². The summed E-state index contributed by atoms with van der Waals surface area (Å²) >= 11 is 3.08. The Labute approximate surface area is 95.0 Å². The minimum Gasteiger partial charge on any atom is -0.489 e. The van der Waals surface area contributed by atoms with Gasteiger partial charge < -0.3 is 9.84 Å². The van der Waals surface area contributed by atoms with Crippen LogP contribution in [0.1, 0.15) is 6.92 Å². The zero-order chi connectivity index (χ0) is 11.4. The summed E-state index contributed by atoms with van der Waals surface area (Å²) in [7, 11) is 0. The molecular weight excluding hydrogens is 266 g/mol. The summed E-state index contributed by atoms with van der Waals surface area (Å²) in [6.45, 7) is 1.67. The number of ether oxygens (including phenoxy) is 1. The molecule has 0 aliphatic rings. The van der Waals surface area contributed by atoms with Gasteiger partial charge in [0, 0.05) is 6.07 Å². The molecule has 5 nitrogen and oxygen atoms in total. The van der Waals surface area contributed by atoms with E-state index in [0.29, 0.717) is 5.75 Å². The minimum atomic E-state index is -0.615. The molecule has 0 spiro atoms. The van der Waals surface area contributed by atoms with Gasteiger partial charge in [-0.1, -0.05) is 6.07 Å². The predicted octanol–water partition coefficient (Wildman–Crippen LogP) is 2.12. The molecular formula is C9H10BrNO4. The van der Waals surface area contributed by atoms with Gasteiger partial charge in [-0.15, -0.1) is 0 Å². The zero-order valence-electron chi connectivity index (χ0n) is 8.01. The lowest BCUT2D eigenvalue weighted by atomic mass is 10.3. The van der Waals surface area contributed by atoms with Crippen molar-refractivity contribution in [2.45, 2.75) is 13.0 Å². The van der Waals surface area contributed by atoms with E-state index in [9.17, 15) is 10.1 Å². The van der Waals surface area contributed by atoms with E-state index in [1.807, 2.05) is 0 Å². The average Bonchev–Trinajstić information content (AvgIpc) is 2.15. The topological polar surface area (TPSA) is 72.6 Å². The number of benzene rings is 1. The third kappa shape index (κ3) is 3.17. The van der Waals surface area contributed by atoms with Crippen molar-refractivity contribution < 1.29 is 14.8 Å². The molecule has 6 heteroatoms. The lowest BCUT2D eigenvalue weighted by Crippen LogP contribution is -2.13. The molecule has 1 aromatic carbocycles. The maximum Gasteiger partial charge on any atom is 0.287 e. The Morgan fingerprint density at radius 2 is 2.33 bits per heavy atom. The Bertz CT molecular complexity index is 367. The number of nitro groups is 1. The minimum absolute atomic E-state index is 0.0573. The smallest absolute Gasteiger partial charge is 0.287 e. The Balaban J connectivity index is 2.89. The molecule has 1 rings (SSSR count). The first-order valence-electron chi connectivity index (χ1n) is 4.26. The fourth-order valence-corrected chi connectivity index (χ4v) is 1.49. The number of aliphatic hydroxyl groups excluding tert-OH is 1. The van der Waals surface area contributed by atoms with Crippen molar-refractivity contribution in [3.8, 4) is 5.75 Å². The second-order valence-electron chi connectivity index (χ2n) is 3.01. The van der Waals surface area contributed by atoms with Gasteiger partial charge in [-0.05, 0) is 28.9 Å². The van der Waals surface area contributed by atoms with Crippen LogP contribution in [0.4, 0.5) is 5.69 Å². The van der Waals surface area contributed by atoms with E-state index in [1.54, 1.807) is 13.0 Å². The lowest BCUT2D eigenvalue weighted by Gasteiger charge is -2.09. The third-order valence-electron chi connectivity index (χ3n) is 1.62. The lowest BCUT2D eigenvalue weighted by molar-refractivity contribution is -0.385. The van der Waals surface area contributed by atoms with Crippen LogP contribution in [0, 0.1) is 10.1 Å². The molecule has 0 saturated heterocycles. The van der Waals surface area contributed by atoms with E-state index in [1.165, 1.54) is 12.1 Å². The van der Waals surface area contributed by atoms with E-state index in [4.69, 9.17) is 9.84 Å². The summed E-state index contributed by atoms with van der Waals surface area (Å²) in [5.41, 5.74) is -0.0573. The maximum atomic E-state index is 10.6. The molecule has 0 saturated carbocycles. The SMILES string of the molecule is C[C@H](O)COc1cccc([N+](=O)[O-])c1Br. The number of aliphatic hydroxyl groups is 1. The van der Waals surface area contributed by atoms with Gasteiger partial charge in [0.2, 0.25) is 0 Å². The van der Waals surface area contributed by atoms with Gasteiger partial charge >= 0.3 is 0 Å². The standard InChI is InChI=1S/C9H10BrNO4/c1-6(12)5-15-8-4-2-3-7(9(8)10)11(13)14/h2-4,6,12H,5H2,1H3/t6-/m0/s1. The van der Waals surface area contributed by atoms with E-state index in [2.05, 4.69) is 15.9 Å². The Hall–Kier alpha value is -1.14. The first-order chi connectivity index (χ1) is 7.02. The molecule has 0 aliphatic heterocycles. The van der Waals surface area contributed by atoms with Crippen LogP contribution in [-0.4, -0.2) is 22.7 Å². The van der Waals surface area contributed by atoms with Gasteiger partial charge in [-0.25, -0.2) is 0 Å². The third-order valence-corrected chi connectivity index (χ3v) is 2.42. The van der Waals surface area contributed by atoms with Gasteiger partial charge in [-0.2, -0.15) is 0 Å². The van der Waals surface area contributed by atoms with Gasteiger partial charge in [0.15, 0.2) is 0 Å². The highest BCUT2D eigenvalue weighted by molar-refractivity contribution is 9.10. The Kier molecular flexibility index (Phi) is 4.05. The van der Waals surface area contributed by atoms with Crippen LogP contribution in [0.5, 0.6) is 5.75 Å². The first kappa shape index (κ1) is 11.9. The molecule has 1 aromatic rings. The first-order valence-corrected chi connectivity index (χ1v) is 5.05. The molecule has 15 heavy (non-hydrogen) atoms. The van der Waals surface area contributed by atoms with Crippen LogP contribution >= 0.6 is 15.9 Å². The normalized spacial score (nSPS) is 12.2. The molecule has 1 N–H and O–H groups in total. The van der Waals surface area contributed by atoms with Crippen molar-refractivity contribution in [2.24, 2.45) is 0 Å². The fraction of sp³-hybridized carbons (Fsp3) is 0.333. The second-order valence-corrected chi connectivity index (χ2v) is 3.80. The molecule has 0 amide bonds. The van der Waals surface area contributed by atoms with E-state index in [-0.39, 0.29) is 16.8 Å². The quantitative estimate of drug-likeness (QED) is 0.675. The number of hydrogen-bond donors (Lipinski definition) is 1. The molecule has 0 unspecified atom stereocenters. The van der Waals surface area contributed by atoms with Crippen molar-refractivity contribution in [1.82, 2.24) is 0 Å². The summed E-state index contributed by atoms with van der Waals surface area (Å²) in [5.74, 6) is 0.352. The van der Waals surface area contributed by atoms with Crippen LogP contribution in [0.3, 0.4) is 0 Å². The van der Waals surface area contributed by atoms with E-state index in [0.717, 1.165) is 0 Å². The number of rotatable bonds is 4. The van der Waals surface area contributed by atoms with Crippen LogP contribution in [0.15, 0.2) is 22.7 Å². The van der Waals surface area contributed by atoms with Gasteiger partial charge in [0.05, 0.1) is 11.0 Å². The molecule has 0 bridgehead atoms. The monoisotopic (exact) mass is 275 g/mol. The Morgan fingerprint density at radius 1 is 1.67 bits per heavy atom.